The lowest BCUT2D eigenvalue weighted by Crippen LogP contribution is -2.27. The molecule has 0 aliphatic rings. The first-order valence-corrected chi connectivity index (χ1v) is 2.29. The van der Waals surface area contributed by atoms with Crippen molar-refractivity contribution in [2.45, 2.75) is 13.8 Å². The Hall–Kier alpha value is -0.800. The summed E-state index contributed by atoms with van der Waals surface area (Å²) >= 11 is 0. The molecule has 4 heteroatoms. The van der Waals surface area contributed by atoms with Gasteiger partial charge in [0, 0.05) is 0 Å². The van der Waals surface area contributed by atoms with Crippen LogP contribution < -0.4 is 0 Å². The fraction of sp³-hybridized carbons (Fsp3) is 0.600. The molecule has 0 amide bonds. The lowest BCUT2D eigenvalue weighted by molar-refractivity contribution is -0.151. The molecule has 52 valence electrons. The van der Waals surface area contributed by atoms with Gasteiger partial charge in [-0.1, -0.05) is 0 Å². The van der Waals surface area contributed by atoms with E-state index in [4.69, 9.17) is 0 Å². The molecule has 0 fully saturated rings. The van der Waals surface area contributed by atoms with E-state index in [0.29, 0.717) is 0 Å². The second-order valence-corrected chi connectivity index (χ2v) is 2.17. The maximum Gasteiger partial charge on any atom is 0.317 e. The Kier molecular flexibility index (Phi) is 2.01. The Morgan fingerprint density at radius 3 is 1.33 bits per heavy atom. The molecule has 0 aliphatic heterocycles. The van der Waals surface area contributed by atoms with Gasteiger partial charge in [0.2, 0.25) is 0 Å². The van der Waals surface area contributed by atoms with Gasteiger partial charge in [0.15, 0.2) is 0 Å². The highest BCUT2D eigenvalue weighted by Gasteiger charge is 2.36. The minimum absolute atomic E-state index is 0.887. The van der Waals surface area contributed by atoms with Crippen LogP contribution in [-0.2, 0) is 9.59 Å². The SMILES string of the molecule is CC(C)(C(=O)F)C(=O)F. The van der Waals surface area contributed by atoms with Crippen LogP contribution in [0.3, 0.4) is 0 Å². The van der Waals surface area contributed by atoms with E-state index in [9.17, 15) is 18.4 Å². The zero-order valence-electron chi connectivity index (χ0n) is 5.07. The van der Waals surface area contributed by atoms with Crippen molar-refractivity contribution < 1.29 is 18.4 Å². The van der Waals surface area contributed by atoms with Crippen molar-refractivity contribution in [2.24, 2.45) is 5.41 Å². The highest BCUT2D eigenvalue weighted by Crippen LogP contribution is 2.18. The smallest absolute Gasteiger partial charge is 0.260 e. The average Bonchev–Trinajstić information content (AvgIpc) is 1.65. The molecule has 0 N–H and O–H groups in total. The largest absolute Gasteiger partial charge is 0.317 e. The van der Waals surface area contributed by atoms with Gasteiger partial charge in [-0.2, -0.15) is 8.78 Å². The third-order valence-electron chi connectivity index (χ3n) is 0.983. The Morgan fingerprint density at radius 1 is 1.11 bits per heavy atom. The summed E-state index contributed by atoms with van der Waals surface area (Å²) in [6, 6.07) is -3.90. The zero-order chi connectivity index (χ0) is 7.65. The molecule has 0 spiro atoms. The van der Waals surface area contributed by atoms with E-state index in [0.717, 1.165) is 13.8 Å². The maximum atomic E-state index is 11.6. The second-order valence-electron chi connectivity index (χ2n) is 2.17. The van der Waals surface area contributed by atoms with Crippen LogP contribution in [0.2, 0.25) is 0 Å². The minimum atomic E-state index is -2.11. The van der Waals surface area contributed by atoms with Crippen molar-refractivity contribution in [3.05, 3.63) is 0 Å². The van der Waals surface area contributed by atoms with Gasteiger partial charge in [0.05, 0.1) is 0 Å². The van der Waals surface area contributed by atoms with E-state index in [2.05, 4.69) is 0 Å². The number of hydrogen-bond donors (Lipinski definition) is 0. The molecule has 0 aliphatic carbocycles. The number of hydrogen-bond acceptors (Lipinski definition) is 2. The molecule has 2 nitrogen and oxygen atoms in total. The van der Waals surface area contributed by atoms with Gasteiger partial charge in [0.25, 0.3) is 0 Å². The molecule has 0 radical (unpaired) electrons. The van der Waals surface area contributed by atoms with Crippen molar-refractivity contribution in [2.75, 3.05) is 0 Å². The van der Waals surface area contributed by atoms with Crippen LogP contribution in [0.1, 0.15) is 13.8 Å². The van der Waals surface area contributed by atoms with Crippen molar-refractivity contribution in [1.82, 2.24) is 0 Å². The van der Waals surface area contributed by atoms with Gasteiger partial charge < -0.3 is 0 Å². The van der Waals surface area contributed by atoms with Crippen LogP contribution in [0.4, 0.5) is 8.78 Å². The first-order valence-electron chi connectivity index (χ1n) is 2.29. The predicted molar refractivity (Wildman–Crippen MR) is 26.0 cm³/mol. The lowest BCUT2D eigenvalue weighted by atomic mass is 9.96. The molecule has 0 saturated carbocycles. The summed E-state index contributed by atoms with van der Waals surface area (Å²) in [6.07, 6.45) is 0. The van der Waals surface area contributed by atoms with E-state index in [1.807, 2.05) is 0 Å². The van der Waals surface area contributed by atoms with Crippen LogP contribution in [0.5, 0.6) is 0 Å². The fourth-order valence-electron chi connectivity index (χ4n) is 0.0773. The molecule has 0 aromatic rings. The summed E-state index contributed by atoms with van der Waals surface area (Å²) < 4.78 is 23.3. The van der Waals surface area contributed by atoms with Crippen LogP contribution in [-0.4, -0.2) is 12.1 Å². The normalized spacial score (nSPS) is 11.1. The first kappa shape index (κ1) is 8.20. The molecular formula is C5H6F2O2. The van der Waals surface area contributed by atoms with E-state index in [1.165, 1.54) is 0 Å². The summed E-state index contributed by atoms with van der Waals surface area (Å²) in [5, 5.41) is 0. The van der Waals surface area contributed by atoms with Crippen LogP contribution in [0.25, 0.3) is 0 Å². The van der Waals surface area contributed by atoms with Crippen molar-refractivity contribution >= 4 is 12.1 Å². The molecule has 0 aromatic carbocycles. The van der Waals surface area contributed by atoms with Crippen molar-refractivity contribution in [3.8, 4) is 0 Å². The van der Waals surface area contributed by atoms with E-state index in [1.54, 1.807) is 0 Å². The molecule has 0 unspecified atom stereocenters. The molecule has 9 heavy (non-hydrogen) atoms. The van der Waals surface area contributed by atoms with Gasteiger partial charge in [-0.15, -0.1) is 0 Å². The van der Waals surface area contributed by atoms with Gasteiger partial charge in [0.1, 0.15) is 5.41 Å². The molecular weight excluding hydrogens is 130 g/mol. The summed E-state index contributed by atoms with van der Waals surface area (Å²) in [5.41, 5.74) is -2.11. The Morgan fingerprint density at radius 2 is 1.33 bits per heavy atom. The topological polar surface area (TPSA) is 34.1 Å². The van der Waals surface area contributed by atoms with Crippen molar-refractivity contribution in [1.29, 1.82) is 0 Å². The highest BCUT2D eigenvalue weighted by atomic mass is 19.1. The first-order chi connectivity index (χ1) is 3.89. The quantitative estimate of drug-likeness (QED) is 0.419. The number of halogens is 2. The molecule has 0 saturated heterocycles. The molecule has 0 rings (SSSR count). The average molecular weight is 136 g/mol. The number of carbonyl (C=O) groups excluding carboxylic acids is 2. The molecule has 0 bridgehead atoms. The van der Waals surface area contributed by atoms with Crippen LogP contribution in [0.15, 0.2) is 0 Å². The molecule has 0 aromatic heterocycles. The van der Waals surface area contributed by atoms with Gasteiger partial charge in [-0.05, 0) is 13.8 Å². The second kappa shape index (κ2) is 2.21. The van der Waals surface area contributed by atoms with E-state index < -0.39 is 17.5 Å². The Bertz CT molecular complexity index is 135. The van der Waals surface area contributed by atoms with Gasteiger partial charge in [-0.25, -0.2) is 0 Å². The minimum Gasteiger partial charge on any atom is -0.260 e. The third kappa shape index (κ3) is 1.55. The Balaban J connectivity index is 4.38. The Labute approximate surface area is 50.9 Å². The van der Waals surface area contributed by atoms with Crippen LogP contribution >= 0.6 is 0 Å². The summed E-state index contributed by atoms with van der Waals surface area (Å²) in [4.78, 5) is 19.6. The lowest BCUT2D eigenvalue weighted by Gasteiger charge is -2.08. The third-order valence-corrected chi connectivity index (χ3v) is 0.983. The van der Waals surface area contributed by atoms with Crippen molar-refractivity contribution in [3.63, 3.8) is 0 Å². The number of rotatable bonds is 2. The summed E-state index contributed by atoms with van der Waals surface area (Å²) in [6.45, 7) is 1.77. The highest BCUT2D eigenvalue weighted by molar-refractivity contribution is 5.97. The van der Waals surface area contributed by atoms with E-state index >= 15 is 0 Å². The summed E-state index contributed by atoms with van der Waals surface area (Å²) in [5.74, 6) is 0. The fourth-order valence-corrected chi connectivity index (χ4v) is 0.0773. The maximum absolute atomic E-state index is 11.6. The number of carbonyl (C=O) groups is 2. The summed E-state index contributed by atoms with van der Waals surface area (Å²) in [7, 11) is 0. The van der Waals surface area contributed by atoms with Gasteiger partial charge >= 0.3 is 12.1 Å². The van der Waals surface area contributed by atoms with E-state index in [-0.39, 0.29) is 0 Å². The van der Waals surface area contributed by atoms with Gasteiger partial charge in [-0.3, -0.25) is 9.59 Å². The monoisotopic (exact) mass is 136 g/mol. The zero-order valence-corrected chi connectivity index (χ0v) is 5.07. The molecule has 0 heterocycles. The predicted octanol–water partition coefficient (Wildman–Crippen LogP) is 1.00. The standard InChI is InChI=1S/C5H6F2O2/c1-5(2,3(6)8)4(7)9/h1-2H3. The molecule has 0 atom stereocenters. The van der Waals surface area contributed by atoms with Crippen LogP contribution in [0, 0.1) is 5.41 Å².